The summed E-state index contributed by atoms with van der Waals surface area (Å²) < 4.78 is 0. The van der Waals surface area contributed by atoms with Gasteiger partial charge in [0, 0.05) is 21.1 Å². The van der Waals surface area contributed by atoms with Gasteiger partial charge < -0.3 is 14.4 Å². The van der Waals surface area contributed by atoms with Crippen LogP contribution in [0.25, 0.3) is 47.9 Å². The molecule has 0 aromatic heterocycles. The van der Waals surface area contributed by atoms with E-state index in [0.717, 1.165) is 33.4 Å². The summed E-state index contributed by atoms with van der Waals surface area (Å²) in [5.41, 5.74) is 6.84. The van der Waals surface area contributed by atoms with Crippen LogP contribution in [-0.2, 0) is 35.4 Å². The normalized spacial score (nSPS) is 8.35. The van der Waals surface area contributed by atoms with Gasteiger partial charge in [0.2, 0.25) is 0 Å². The van der Waals surface area contributed by atoms with Gasteiger partial charge in [-0.3, -0.25) is 20.4 Å². The molecule has 4 aromatic carbocycles. The average Bonchev–Trinajstić information content (AvgIpc) is 2.99. The molecule has 0 unspecified atom stereocenters. The van der Waals surface area contributed by atoms with Crippen molar-refractivity contribution in [3.63, 3.8) is 0 Å². The molecule has 37 heavy (non-hydrogen) atoms. The first-order valence-electron chi connectivity index (χ1n) is 10.0. The van der Waals surface area contributed by atoms with Crippen molar-refractivity contribution < 1.29 is 35.4 Å². The Bertz CT molecular complexity index is 1260. The van der Waals surface area contributed by atoms with Gasteiger partial charge in [0.25, 0.3) is 0 Å². The minimum absolute atomic E-state index is 0. The minimum Gasteiger partial charge on any atom is -0.545 e. The Morgan fingerprint density at radius 3 is 0.865 bits per heavy atom. The molecule has 0 aliphatic carbocycles. The van der Waals surface area contributed by atoms with Gasteiger partial charge in [-0.15, -0.1) is 0 Å². The molecule has 0 saturated carbocycles. The predicted octanol–water partition coefficient (Wildman–Crippen LogP) is 7.52. The zero-order valence-corrected chi connectivity index (χ0v) is 22.3. The molecule has 0 atom stereocenters. The second-order valence-electron chi connectivity index (χ2n) is 6.69. The Labute approximate surface area is 230 Å². The summed E-state index contributed by atoms with van der Waals surface area (Å²) >= 11 is 0. The van der Waals surface area contributed by atoms with Crippen LogP contribution in [0.15, 0.2) is 91.0 Å². The number of hydrogen-bond donors (Lipinski definition) is 0. The van der Waals surface area contributed by atoms with Gasteiger partial charge in [0.1, 0.15) is 0 Å². The molecule has 0 amide bonds. The SMILES string of the molecule is [C-]#[N+]c1ccccc1-c1cc(-c2ccccc2[N+]#[C-])cc(-c2ccccc2[N+]#[C-])c1.[CH-]=O.[CH-]=O.[CH-]=O.[W]. The molecule has 4 rings (SSSR count). The molecule has 0 N–H and O–H groups in total. The Morgan fingerprint density at radius 2 is 0.649 bits per heavy atom. The molecule has 0 spiro atoms. The van der Waals surface area contributed by atoms with Crippen molar-refractivity contribution in [1.29, 1.82) is 0 Å². The number of benzene rings is 4. The average molecular weight is 652 g/mol. The number of para-hydroxylation sites is 3. The van der Waals surface area contributed by atoms with Gasteiger partial charge >= 0.3 is 0 Å². The molecule has 7 heteroatoms. The van der Waals surface area contributed by atoms with Crippen molar-refractivity contribution in [1.82, 2.24) is 0 Å². The second-order valence-corrected chi connectivity index (χ2v) is 6.69. The van der Waals surface area contributed by atoms with Crippen LogP contribution in [0, 0.1) is 19.7 Å². The van der Waals surface area contributed by atoms with E-state index >= 15 is 0 Å². The third-order valence-corrected chi connectivity index (χ3v) is 4.94. The zero-order valence-electron chi connectivity index (χ0n) is 19.4. The van der Waals surface area contributed by atoms with E-state index in [-0.39, 0.29) is 21.1 Å². The third-order valence-electron chi connectivity index (χ3n) is 4.94. The topological polar surface area (TPSA) is 64.3 Å². The van der Waals surface area contributed by atoms with Crippen molar-refractivity contribution in [3.8, 4) is 33.4 Å². The van der Waals surface area contributed by atoms with Crippen molar-refractivity contribution in [2.75, 3.05) is 0 Å². The Kier molecular flexibility index (Phi) is 15.1. The Morgan fingerprint density at radius 1 is 0.432 bits per heavy atom. The summed E-state index contributed by atoms with van der Waals surface area (Å²) in [5.74, 6) is 0. The molecule has 0 saturated heterocycles. The van der Waals surface area contributed by atoms with Crippen LogP contribution < -0.4 is 0 Å². The maximum absolute atomic E-state index is 7.75. The minimum atomic E-state index is 0. The van der Waals surface area contributed by atoms with E-state index in [9.17, 15) is 0 Å². The first kappa shape index (κ1) is 32.0. The van der Waals surface area contributed by atoms with Crippen molar-refractivity contribution in [2.45, 2.75) is 0 Å². The van der Waals surface area contributed by atoms with Gasteiger partial charge in [-0.25, -0.2) is 14.5 Å². The molecule has 0 aliphatic rings. The number of rotatable bonds is 3. The fourth-order valence-corrected chi connectivity index (χ4v) is 3.54. The quantitative estimate of drug-likeness (QED) is 0.170. The molecular weight excluding hydrogens is 634 g/mol. The van der Waals surface area contributed by atoms with Crippen LogP contribution >= 0.6 is 0 Å². The van der Waals surface area contributed by atoms with Crippen LogP contribution in [0.1, 0.15) is 0 Å². The largest absolute Gasteiger partial charge is 0.545 e. The van der Waals surface area contributed by atoms with Gasteiger partial charge in [-0.1, -0.05) is 72.8 Å². The van der Waals surface area contributed by atoms with Crippen LogP contribution in [0.2, 0.25) is 0 Å². The molecule has 180 valence electrons. The number of carbonyl (C=O) groups excluding carboxylic acids is 3. The summed E-state index contributed by atoms with van der Waals surface area (Å²) in [7, 11) is 0. The maximum atomic E-state index is 7.75. The van der Waals surface area contributed by atoms with E-state index in [1.807, 2.05) is 72.8 Å². The fraction of sp³-hybridized carbons (Fsp3) is 0. The summed E-state index contributed by atoms with van der Waals surface area (Å²) in [5, 5.41) is 0. The third kappa shape index (κ3) is 7.78. The smallest absolute Gasteiger partial charge is 0.194 e. The van der Waals surface area contributed by atoms with Gasteiger partial charge in [0.05, 0.1) is 19.7 Å². The van der Waals surface area contributed by atoms with Gasteiger partial charge in [0.15, 0.2) is 17.1 Å². The van der Waals surface area contributed by atoms with E-state index in [4.69, 9.17) is 34.1 Å². The van der Waals surface area contributed by atoms with E-state index in [0.29, 0.717) is 17.1 Å². The van der Waals surface area contributed by atoms with Gasteiger partial charge in [-0.05, 0) is 51.6 Å². The van der Waals surface area contributed by atoms with Crippen LogP contribution in [0.3, 0.4) is 0 Å². The first-order chi connectivity index (χ1) is 17.7. The second kappa shape index (κ2) is 17.5. The van der Waals surface area contributed by atoms with Crippen LogP contribution in [0.4, 0.5) is 17.1 Å². The molecule has 0 heterocycles. The zero-order chi connectivity index (χ0) is 26.9. The van der Waals surface area contributed by atoms with E-state index in [1.54, 1.807) is 18.2 Å². The Hall–Kier alpha value is -4.95. The summed E-state index contributed by atoms with van der Waals surface area (Å²) in [4.78, 5) is 34.3. The first-order valence-corrected chi connectivity index (χ1v) is 10.0. The molecule has 0 aliphatic heterocycles. The Balaban J connectivity index is 0.00000173. The van der Waals surface area contributed by atoms with E-state index in [2.05, 4.69) is 34.9 Å². The number of nitrogens with zero attached hydrogens (tertiary/aromatic N) is 3. The molecule has 0 radical (unpaired) electrons. The fourth-order valence-electron chi connectivity index (χ4n) is 3.54. The summed E-state index contributed by atoms with van der Waals surface area (Å²) in [6, 6.07) is 28.5. The van der Waals surface area contributed by atoms with Crippen LogP contribution in [-0.4, -0.2) is 20.4 Å². The van der Waals surface area contributed by atoms with E-state index in [1.165, 1.54) is 0 Å². The standard InChI is InChI=1S/C27H15N3.3CHO.W/c1-28-25-13-7-4-10-22(25)19-16-20(23-11-5-8-14-26(23)29-2)18-21(17-19)24-12-6-9-15-27(24)30-3;3*1-2;/h4-18H;3*1H;/q;3*-1;. The molecule has 6 nitrogen and oxygen atoms in total. The molecule has 4 aromatic rings. The van der Waals surface area contributed by atoms with Gasteiger partial charge in [-0.2, -0.15) is 0 Å². The summed E-state index contributed by atoms with van der Waals surface area (Å²) in [6.07, 6.45) is 0. The van der Waals surface area contributed by atoms with E-state index < -0.39 is 0 Å². The number of hydrogen-bond acceptors (Lipinski definition) is 3. The summed E-state index contributed by atoms with van der Waals surface area (Å²) in [6.45, 7) is 32.4. The van der Waals surface area contributed by atoms with Crippen molar-refractivity contribution >= 4 is 37.4 Å². The maximum Gasteiger partial charge on any atom is 0.194 e. The predicted molar refractivity (Wildman–Crippen MR) is 142 cm³/mol. The molecule has 0 fully saturated rings. The van der Waals surface area contributed by atoms with Crippen molar-refractivity contribution in [3.05, 3.63) is 125 Å². The molecular formula is C30H18N3O3W-3. The monoisotopic (exact) mass is 652 g/mol. The van der Waals surface area contributed by atoms with Crippen LogP contribution in [0.5, 0.6) is 0 Å². The van der Waals surface area contributed by atoms with Crippen molar-refractivity contribution in [2.24, 2.45) is 0 Å². The molecule has 0 bridgehead atoms.